The lowest BCUT2D eigenvalue weighted by Crippen LogP contribution is -2.03. The van der Waals surface area contributed by atoms with Gasteiger partial charge in [-0.2, -0.15) is 0 Å². The molecule has 114 valence electrons. The first-order valence-corrected chi connectivity index (χ1v) is 7.40. The van der Waals surface area contributed by atoms with Crippen molar-refractivity contribution in [3.8, 4) is 0 Å². The lowest BCUT2D eigenvalue weighted by atomic mass is 9.87. The van der Waals surface area contributed by atoms with E-state index < -0.39 is 0 Å². The number of allylic oxidation sites excluding steroid dienone is 1. The molecule has 0 amide bonds. The van der Waals surface area contributed by atoms with Crippen LogP contribution >= 0.6 is 0 Å². The van der Waals surface area contributed by atoms with Gasteiger partial charge in [0.1, 0.15) is 0 Å². The topological polar surface area (TPSA) is 0 Å². The molecule has 1 atom stereocenters. The minimum Gasteiger partial charge on any atom is -0.106 e. The van der Waals surface area contributed by atoms with Crippen LogP contribution in [0.3, 0.4) is 0 Å². The van der Waals surface area contributed by atoms with Crippen LogP contribution in [0.2, 0.25) is 0 Å². The molecule has 1 saturated carbocycles. The minimum atomic E-state index is 0.809. The Kier molecular flexibility index (Phi) is 42.1. The van der Waals surface area contributed by atoms with Crippen molar-refractivity contribution >= 4 is 0 Å². The van der Waals surface area contributed by atoms with Gasteiger partial charge in [-0.3, -0.25) is 0 Å². The summed E-state index contributed by atoms with van der Waals surface area (Å²) in [6.45, 7) is 28.7. The number of hydrogen-bond donors (Lipinski definition) is 0. The van der Waals surface area contributed by atoms with Crippen molar-refractivity contribution in [2.75, 3.05) is 0 Å². The summed E-state index contributed by atoms with van der Waals surface area (Å²) in [5.74, 6) is 0.809. The molecule has 0 heteroatoms. The third-order valence-electron chi connectivity index (χ3n) is 2.79. The van der Waals surface area contributed by atoms with E-state index in [0.717, 1.165) is 5.92 Å². The van der Waals surface area contributed by atoms with E-state index in [4.69, 9.17) is 0 Å². The van der Waals surface area contributed by atoms with Crippen LogP contribution < -0.4 is 0 Å². The summed E-state index contributed by atoms with van der Waals surface area (Å²) < 4.78 is 0. The van der Waals surface area contributed by atoms with Gasteiger partial charge in [-0.05, 0) is 25.2 Å². The molecule has 0 nitrogen and oxygen atoms in total. The summed E-state index contributed by atoms with van der Waals surface area (Å²) in [7, 11) is 0. The van der Waals surface area contributed by atoms with Gasteiger partial charge in [0.05, 0.1) is 0 Å². The van der Waals surface area contributed by atoms with E-state index >= 15 is 0 Å². The van der Waals surface area contributed by atoms with Gasteiger partial charge >= 0.3 is 0 Å². The highest BCUT2D eigenvalue weighted by molar-refractivity contribution is 5.01. The zero-order valence-electron chi connectivity index (χ0n) is 14.0. The maximum Gasteiger partial charge on any atom is -0.0234 e. The summed E-state index contributed by atoms with van der Waals surface area (Å²) in [4.78, 5) is 0. The van der Waals surface area contributed by atoms with E-state index in [1.54, 1.807) is 0 Å². The molecule has 1 aliphatic rings. The van der Waals surface area contributed by atoms with E-state index in [1.165, 1.54) is 50.5 Å². The molecule has 0 saturated heterocycles. The van der Waals surface area contributed by atoms with Crippen molar-refractivity contribution in [2.45, 2.75) is 65.7 Å². The van der Waals surface area contributed by atoms with Gasteiger partial charge in [0.25, 0.3) is 0 Å². The van der Waals surface area contributed by atoms with Crippen molar-refractivity contribution in [1.82, 2.24) is 0 Å². The predicted molar refractivity (Wildman–Crippen MR) is 95.7 cm³/mol. The molecule has 0 N–H and O–H groups in total. The second-order valence-electron chi connectivity index (χ2n) is 4.16. The molecular formula is C19H38. The molecular weight excluding hydrogens is 228 g/mol. The van der Waals surface area contributed by atoms with Crippen LogP contribution in [0, 0.1) is 5.92 Å². The molecule has 0 heterocycles. The average molecular weight is 267 g/mol. The monoisotopic (exact) mass is 266 g/mol. The van der Waals surface area contributed by atoms with Gasteiger partial charge in [-0.15, -0.1) is 39.5 Å². The Balaban J connectivity index is -0.0000000892. The van der Waals surface area contributed by atoms with E-state index in [0.29, 0.717) is 0 Å². The first kappa shape index (κ1) is 26.5. The fourth-order valence-electron chi connectivity index (χ4n) is 1.61. The Morgan fingerprint density at radius 3 is 1.47 bits per heavy atom. The van der Waals surface area contributed by atoms with Crippen LogP contribution in [0.5, 0.6) is 0 Å². The van der Waals surface area contributed by atoms with Crippen LogP contribution in [0.25, 0.3) is 0 Å². The van der Waals surface area contributed by atoms with Crippen LogP contribution in [-0.4, -0.2) is 0 Å². The Hall–Kier alpha value is -1.04. The smallest absolute Gasteiger partial charge is 0.0234 e. The predicted octanol–water partition coefficient (Wildman–Crippen LogP) is 7.36. The van der Waals surface area contributed by atoms with E-state index in [-0.39, 0.29) is 0 Å². The molecule has 0 aliphatic heterocycles. The van der Waals surface area contributed by atoms with Crippen molar-refractivity contribution in [2.24, 2.45) is 5.92 Å². The summed E-state index contributed by atoms with van der Waals surface area (Å²) in [5, 5.41) is 0. The van der Waals surface area contributed by atoms with Crippen LogP contribution in [0.15, 0.2) is 51.6 Å². The largest absolute Gasteiger partial charge is 0.106 e. The Morgan fingerprint density at radius 1 is 0.895 bits per heavy atom. The van der Waals surface area contributed by atoms with Crippen LogP contribution in [-0.2, 0) is 0 Å². The third kappa shape index (κ3) is 26.5. The maximum absolute atomic E-state index is 4.00. The van der Waals surface area contributed by atoms with Gasteiger partial charge in [0.15, 0.2) is 0 Å². The number of unbranched alkanes of at least 4 members (excludes halogenated alkanes) is 2. The summed E-state index contributed by atoms with van der Waals surface area (Å²) >= 11 is 0. The summed E-state index contributed by atoms with van der Waals surface area (Å²) in [5.41, 5.74) is 1.47. The van der Waals surface area contributed by atoms with Gasteiger partial charge in [-0.1, -0.05) is 58.6 Å². The quantitative estimate of drug-likeness (QED) is 0.458. The summed E-state index contributed by atoms with van der Waals surface area (Å²) in [6, 6.07) is 0. The van der Waals surface area contributed by atoms with E-state index in [1.807, 2.05) is 0 Å². The molecule has 1 rings (SSSR count). The van der Waals surface area contributed by atoms with Crippen molar-refractivity contribution in [3.63, 3.8) is 0 Å². The molecule has 0 aromatic carbocycles. The van der Waals surface area contributed by atoms with Crippen molar-refractivity contribution in [3.05, 3.63) is 51.6 Å². The Morgan fingerprint density at radius 2 is 1.32 bits per heavy atom. The molecule has 0 radical (unpaired) electrons. The zero-order valence-corrected chi connectivity index (χ0v) is 14.0. The van der Waals surface area contributed by atoms with Gasteiger partial charge in [0, 0.05) is 0 Å². The lowest BCUT2D eigenvalue weighted by molar-refractivity contribution is 0.486. The molecule has 1 fully saturated rings. The zero-order chi connectivity index (χ0) is 16.1. The van der Waals surface area contributed by atoms with E-state index in [9.17, 15) is 0 Å². The second-order valence-corrected chi connectivity index (χ2v) is 4.16. The first-order chi connectivity index (χ1) is 9.22. The molecule has 1 aliphatic carbocycles. The summed E-state index contributed by atoms with van der Waals surface area (Å²) in [6.07, 6.45) is 9.52. The third-order valence-corrected chi connectivity index (χ3v) is 2.79. The molecule has 0 aromatic heterocycles. The molecule has 0 aromatic rings. The lowest BCUT2D eigenvalue weighted by Gasteiger charge is -2.19. The van der Waals surface area contributed by atoms with Gasteiger partial charge < -0.3 is 0 Å². The molecule has 0 spiro atoms. The highest BCUT2D eigenvalue weighted by atomic mass is 14.2. The van der Waals surface area contributed by atoms with Gasteiger partial charge in [-0.25, -0.2) is 0 Å². The normalized spacial score (nSPS) is 15.7. The highest BCUT2D eigenvalue weighted by Crippen LogP contribution is 2.26. The SMILES string of the molecule is C=C.C=C.C=C.C=C1CCCCC1C.CCCCC. The van der Waals surface area contributed by atoms with Crippen molar-refractivity contribution in [1.29, 1.82) is 0 Å². The highest BCUT2D eigenvalue weighted by Gasteiger charge is 2.10. The van der Waals surface area contributed by atoms with Crippen LogP contribution in [0.1, 0.15) is 65.7 Å². The minimum absolute atomic E-state index is 0.809. The van der Waals surface area contributed by atoms with Gasteiger partial charge in [0.2, 0.25) is 0 Å². The number of rotatable bonds is 2. The second kappa shape index (κ2) is 30.2. The maximum atomic E-state index is 4.00. The fourth-order valence-corrected chi connectivity index (χ4v) is 1.61. The Labute approximate surface area is 124 Å². The molecule has 1 unspecified atom stereocenters. The Bertz CT molecular complexity index is 151. The molecule has 0 bridgehead atoms. The van der Waals surface area contributed by atoms with Crippen LogP contribution in [0.4, 0.5) is 0 Å². The van der Waals surface area contributed by atoms with E-state index in [2.05, 4.69) is 66.8 Å². The number of hydrogen-bond acceptors (Lipinski definition) is 0. The fraction of sp³-hybridized carbons (Fsp3) is 0.579. The van der Waals surface area contributed by atoms with Crippen molar-refractivity contribution < 1.29 is 0 Å². The molecule has 19 heavy (non-hydrogen) atoms. The standard InChI is InChI=1S/C8H14.C5H12.3C2H4/c1-7-5-3-4-6-8(7)2;1-3-5-4-2;3*1-2/h8H,1,3-6H2,2H3;3-5H2,1-2H3;3*1-2H2. The average Bonchev–Trinajstić information content (AvgIpc) is 2.50. The first-order valence-electron chi connectivity index (χ1n) is 7.40.